The van der Waals surface area contributed by atoms with Crippen molar-refractivity contribution in [2.45, 2.75) is 101 Å². The molecule has 4 rings (SSSR count). The van der Waals surface area contributed by atoms with Crippen LogP contribution < -0.4 is 0 Å². The van der Waals surface area contributed by atoms with Gasteiger partial charge in [-0.3, -0.25) is 55.3 Å². The minimum Gasteiger partial charge on any atom is -0.457 e. The zero-order valence-corrected chi connectivity index (χ0v) is 28.5. The van der Waals surface area contributed by atoms with Crippen LogP contribution in [0.4, 0.5) is 8.78 Å². The van der Waals surface area contributed by atoms with Crippen LogP contribution in [0.5, 0.6) is 0 Å². The molecule has 0 amide bonds. The average molecular weight is 754 g/mol. The number of allylic oxidation sites excluding steroid dienone is 4. The van der Waals surface area contributed by atoms with E-state index in [1.807, 2.05) is 0 Å². The van der Waals surface area contributed by atoms with Gasteiger partial charge in [-0.25, -0.2) is 18.5 Å². The molecule has 0 saturated heterocycles. The first-order valence-corrected chi connectivity index (χ1v) is 16.6. The maximum atomic E-state index is 17.6. The molecule has 3 unspecified atom stereocenters. The maximum Gasteiger partial charge on any atom is 0.306 e. The van der Waals surface area contributed by atoms with E-state index in [2.05, 4.69) is 14.5 Å². The molecule has 3 saturated carbocycles. The third-order valence-electron chi connectivity index (χ3n) is 11.1. The molecule has 0 radical (unpaired) electrons. The highest BCUT2D eigenvalue weighted by Gasteiger charge is 2.76. The predicted molar refractivity (Wildman–Crippen MR) is 160 cm³/mol. The van der Waals surface area contributed by atoms with Crippen LogP contribution in [0.25, 0.3) is 0 Å². The molecule has 0 aromatic rings. The Hall–Kier alpha value is -2.90. The second-order valence-electron chi connectivity index (χ2n) is 13.9. The van der Waals surface area contributed by atoms with Crippen molar-refractivity contribution in [3.63, 3.8) is 0 Å². The van der Waals surface area contributed by atoms with Gasteiger partial charge < -0.3 is 14.6 Å². The van der Waals surface area contributed by atoms with Gasteiger partial charge in [0.2, 0.25) is 5.78 Å². The molecule has 0 spiro atoms. The smallest absolute Gasteiger partial charge is 0.306 e. The number of hydrogen-bond acceptors (Lipinski definition) is 19. The maximum absolute atomic E-state index is 17.6. The number of fused-ring (bicyclic) bond motifs is 5. The number of Topliss-reactive ketones (excluding diaryl/α,β-unsaturated/α-hetero) is 1. The number of alkyl halides is 2. The number of nitrogens with zero attached hydrogens (tertiary/aromatic N) is 3. The van der Waals surface area contributed by atoms with E-state index in [1.165, 1.54) is 19.9 Å². The lowest BCUT2D eigenvalue weighted by atomic mass is 9.44. The number of ketones is 2. The van der Waals surface area contributed by atoms with E-state index >= 15 is 8.78 Å². The summed E-state index contributed by atoms with van der Waals surface area (Å²) in [4.78, 5) is 65.6. The monoisotopic (exact) mass is 753 g/mol. The van der Waals surface area contributed by atoms with Crippen molar-refractivity contribution in [3.05, 3.63) is 23.8 Å². The Kier molecular flexibility index (Phi) is 13.4. The van der Waals surface area contributed by atoms with E-state index in [-0.39, 0.29) is 57.1 Å². The molecule has 0 bridgehead atoms. The fourth-order valence-corrected chi connectivity index (χ4v) is 8.74. The van der Waals surface area contributed by atoms with E-state index in [0.717, 1.165) is 12.2 Å². The quantitative estimate of drug-likeness (QED) is 0.0600. The van der Waals surface area contributed by atoms with Crippen molar-refractivity contribution in [1.82, 2.24) is 16.2 Å². The van der Waals surface area contributed by atoms with Crippen LogP contribution in [-0.2, 0) is 43.2 Å². The van der Waals surface area contributed by atoms with E-state index in [4.69, 9.17) is 40.7 Å². The third kappa shape index (κ3) is 8.26. The van der Waals surface area contributed by atoms with Crippen LogP contribution in [0.3, 0.4) is 0 Å². The minimum atomic E-state index is -2.47. The molecule has 7 N–H and O–H groups in total. The normalized spacial score (nSPS) is 34.5. The van der Waals surface area contributed by atoms with Crippen molar-refractivity contribution in [3.8, 4) is 0 Å². The van der Waals surface area contributed by atoms with E-state index in [0.29, 0.717) is 0 Å². The van der Waals surface area contributed by atoms with Gasteiger partial charge >= 0.3 is 11.9 Å². The van der Waals surface area contributed by atoms with E-state index in [9.17, 15) is 24.3 Å². The first kappa shape index (κ1) is 41.9. The number of aliphatic hydroxyl groups excluding tert-OH is 1. The summed E-state index contributed by atoms with van der Waals surface area (Å²) in [7, 11) is 0. The van der Waals surface area contributed by atoms with E-state index < -0.39 is 118 Å². The zero-order chi connectivity index (χ0) is 38.6. The molecule has 4 aliphatic rings. The van der Waals surface area contributed by atoms with Crippen LogP contribution >= 0.6 is 0 Å². The molecule has 9 atom stereocenters. The van der Waals surface area contributed by atoms with Gasteiger partial charge in [0.15, 0.2) is 23.7 Å². The van der Waals surface area contributed by atoms with Crippen LogP contribution in [-0.4, -0.2) is 125 Å². The molecule has 0 aromatic carbocycles. The summed E-state index contributed by atoms with van der Waals surface area (Å²) >= 11 is 0. The molecule has 0 aliphatic heterocycles. The lowest BCUT2D eigenvalue weighted by Crippen LogP contribution is -2.70. The highest BCUT2D eigenvalue weighted by Crippen LogP contribution is 2.70. The second kappa shape index (κ2) is 16.6. The Bertz CT molecular complexity index is 1400. The molecule has 294 valence electrons. The number of esters is 2. The Labute approximate surface area is 295 Å². The van der Waals surface area contributed by atoms with Crippen molar-refractivity contribution in [2.75, 3.05) is 19.8 Å². The summed E-state index contributed by atoms with van der Waals surface area (Å²) in [6.45, 7) is 1.11. The van der Waals surface area contributed by atoms with Gasteiger partial charge in [-0.15, -0.1) is 0 Å². The highest BCUT2D eigenvalue weighted by molar-refractivity contribution is 6.01. The number of aliphatic hydroxyl groups is 1. The van der Waals surface area contributed by atoms with Crippen molar-refractivity contribution in [1.29, 1.82) is 0 Å². The van der Waals surface area contributed by atoms with Crippen LogP contribution in [0, 0.1) is 22.7 Å². The highest BCUT2D eigenvalue weighted by atomic mass is 19.1. The van der Waals surface area contributed by atoms with Gasteiger partial charge in [-0.1, -0.05) is 13.0 Å². The molecular weight excluding hydrogens is 708 g/mol. The second-order valence-corrected chi connectivity index (χ2v) is 13.9. The van der Waals surface area contributed by atoms with Crippen LogP contribution in [0.15, 0.2) is 23.8 Å². The summed E-state index contributed by atoms with van der Waals surface area (Å²) in [6, 6.07) is 0. The molecule has 0 heterocycles. The molecule has 52 heavy (non-hydrogen) atoms. The molecule has 21 heteroatoms. The standard InChI is InChI=1S/C31H45F2N3O16/c1-28-10-8-18(37)13-22(28)23(32)14-21-20-9-11-30(29(20,2)15-24(38)31(21,28)33,51-27(41)7-4-12-49-34(42)43)25(39)17-48-26(40)6-3-5-19(52-36(46)47)16-50-35(44)45/h8,10,13,19-21,23-24,38,42-47H,3-7,9,11-12,14-17H2,1-2H3/t19?,20?,21?,23-,24-,28-,29-,30-,31-/m0/s1. The summed E-state index contributed by atoms with van der Waals surface area (Å²) in [5.41, 5.74) is -7.85. The Morgan fingerprint density at radius 2 is 1.65 bits per heavy atom. The van der Waals surface area contributed by atoms with Crippen molar-refractivity contribution < 1.29 is 88.3 Å². The third-order valence-corrected chi connectivity index (χ3v) is 11.1. The lowest BCUT2D eigenvalue weighted by molar-refractivity contribution is -0.527. The Balaban J connectivity index is 1.55. The Morgan fingerprint density at radius 1 is 0.981 bits per heavy atom. The van der Waals surface area contributed by atoms with Gasteiger partial charge in [0.05, 0.1) is 28.9 Å². The molecule has 19 nitrogen and oxygen atoms in total. The largest absolute Gasteiger partial charge is 0.457 e. The van der Waals surface area contributed by atoms with Crippen LogP contribution in [0.2, 0.25) is 0 Å². The number of halogens is 2. The van der Waals surface area contributed by atoms with E-state index in [1.54, 1.807) is 0 Å². The fraction of sp³-hybridized carbons (Fsp3) is 0.742. The number of ether oxygens (including phenoxy) is 2. The average Bonchev–Trinajstić information content (AvgIpc) is 3.34. The number of rotatable bonds is 18. The predicted octanol–water partition coefficient (Wildman–Crippen LogP) is 2.05. The summed E-state index contributed by atoms with van der Waals surface area (Å²) in [5.74, 6) is -5.27. The van der Waals surface area contributed by atoms with Crippen molar-refractivity contribution >= 4 is 23.5 Å². The topological polar surface area (TPSA) is 266 Å². The molecule has 0 aromatic heterocycles. The molecule has 4 aliphatic carbocycles. The van der Waals surface area contributed by atoms with Gasteiger partial charge in [0.25, 0.3) is 0 Å². The fourth-order valence-electron chi connectivity index (χ4n) is 8.74. The first-order valence-electron chi connectivity index (χ1n) is 16.6. The molecule has 3 fully saturated rings. The van der Waals surface area contributed by atoms with Crippen LogP contribution in [0.1, 0.15) is 71.6 Å². The summed E-state index contributed by atoms with van der Waals surface area (Å²) < 4.78 is 44.6. The van der Waals surface area contributed by atoms with Gasteiger partial charge in [0, 0.05) is 29.6 Å². The number of carbonyl (C=O) groups is 4. The molecular formula is C31H45F2N3O16. The first-order chi connectivity index (χ1) is 24.3. The Morgan fingerprint density at radius 3 is 2.31 bits per heavy atom. The number of hydrogen-bond donors (Lipinski definition) is 7. The summed E-state index contributed by atoms with van der Waals surface area (Å²) in [6.07, 6.45) is -3.28. The summed E-state index contributed by atoms with van der Waals surface area (Å²) in [5, 5.41) is 62.6. The van der Waals surface area contributed by atoms with Gasteiger partial charge in [-0.2, -0.15) is 0 Å². The van der Waals surface area contributed by atoms with Gasteiger partial charge in [-0.05, 0) is 75.5 Å². The SMILES string of the molecule is C[C@]12C=CC(=O)C=C1[C@@H](F)CC1C3CC[C@](OC(=O)CCCON(O)O)(C(=O)COC(=O)CCCC(CON(O)O)ON(O)O)[C@@]3(C)C[C@H](O)[C@@]12F. The zero-order valence-electron chi connectivity index (χ0n) is 28.5. The van der Waals surface area contributed by atoms with Gasteiger partial charge in [0.1, 0.15) is 18.9 Å². The number of carbonyl (C=O) groups excluding carboxylic acids is 4. The minimum absolute atomic E-state index is 0.0427. The lowest BCUT2D eigenvalue weighted by Gasteiger charge is -2.63. The van der Waals surface area contributed by atoms with Crippen molar-refractivity contribution in [2.24, 2.45) is 22.7 Å².